The smallest absolute Gasteiger partial charge is 0.203 e. The summed E-state index contributed by atoms with van der Waals surface area (Å²) in [5.74, 6) is 1.99. The highest BCUT2D eigenvalue weighted by Gasteiger charge is 2.27. The summed E-state index contributed by atoms with van der Waals surface area (Å²) in [6.45, 7) is 6.58. The van der Waals surface area contributed by atoms with Crippen molar-refractivity contribution in [2.75, 3.05) is 28.4 Å². The van der Waals surface area contributed by atoms with Crippen molar-refractivity contribution in [1.29, 1.82) is 0 Å². The molecule has 0 aliphatic rings. The Morgan fingerprint density at radius 3 is 1.68 bits per heavy atom. The second kappa shape index (κ2) is 6.15. The maximum Gasteiger partial charge on any atom is 0.203 e. The molecule has 1 unspecified atom stereocenters. The van der Waals surface area contributed by atoms with Gasteiger partial charge in [0.2, 0.25) is 5.75 Å². The Morgan fingerprint density at radius 2 is 1.42 bits per heavy atom. The zero-order valence-electron chi connectivity index (χ0n) is 13.0. The van der Waals surface area contributed by atoms with Gasteiger partial charge in [-0.3, -0.25) is 0 Å². The number of methoxy groups -OCH3 is 3. The molecule has 0 saturated carbocycles. The van der Waals surface area contributed by atoms with E-state index in [9.17, 15) is 0 Å². The van der Waals surface area contributed by atoms with E-state index in [4.69, 9.17) is 14.2 Å². The van der Waals surface area contributed by atoms with Crippen LogP contribution in [-0.2, 0) is 0 Å². The number of hydrogen-bond donors (Lipinski definition) is 1. The average Bonchev–Trinajstić information content (AvgIpc) is 2.36. The molecule has 0 bridgehead atoms. The Bertz CT molecular complexity index is 399. The van der Waals surface area contributed by atoms with Gasteiger partial charge in [-0.05, 0) is 30.2 Å². The lowest BCUT2D eigenvalue weighted by molar-refractivity contribution is 0.282. The van der Waals surface area contributed by atoms with Crippen LogP contribution in [0.4, 0.5) is 0 Å². The minimum Gasteiger partial charge on any atom is -0.493 e. The van der Waals surface area contributed by atoms with E-state index in [1.54, 1.807) is 21.3 Å². The highest BCUT2D eigenvalue weighted by atomic mass is 16.5. The molecule has 0 aliphatic heterocycles. The number of hydrogen-bond acceptors (Lipinski definition) is 4. The molecule has 0 amide bonds. The van der Waals surface area contributed by atoms with Gasteiger partial charge in [-0.2, -0.15) is 0 Å². The fourth-order valence-corrected chi connectivity index (χ4v) is 2.37. The topological polar surface area (TPSA) is 39.7 Å². The Labute approximate surface area is 116 Å². The quantitative estimate of drug-likeness (QED) is 0.890. The van der Waals surface area contributed by atoms with Crippen LogP contribution in [0, 0.1) is 5.41 Å². The lowest BCUT2D eigenvalue weighted by atomic mass is 9.82. The molecule has 1 aromatic carbocycles. The molecule has 108 valence electrons. The van der Waals surface area contributed by atoms with Gasteiger partial charge in [-0.15, -0.1) is 0 Å². The van der Waals surface area contributed by atoms with Crippen molar-refractivity contribution in [2.24, 2.45) is 5.41 Å². The Morgan fingerprint density at radius 1 is 0.947 bits per heavy atom. The molecular formula is C15H25NO3. The van der Waals surface area contributed by atoms with E-state index in [-0.39, 0.29) is 11.5 Å². The Balaban J connectivity index is 3.37. The molecule has 0 spiro atoms. The van der Waals surface area contributed by atoms with Gasteiger partial charge in [0, 0.05) is 6.04 Å². The largest absolute Gasteiger partial charge is 0.493 e. The maximum absolute atomic E-state index is 5.39. The number of nitrogens with one attached hydrogen (secondary N) is 1. The van der Waals surface area contributed by atoms with Crippen LogP contribution in [0.3, 0.4) is 0 Å². The summed E-state index contributed by atoms with van der Waals surface area (Å²) in [6.07, 6.45) is 0. The van der Waals surface area contributed by atoms with Crippen molar-refractivity contribution in [3.63, 3.8) is 0 Å². The average molecular weight is 267 g/mol. The van der Waals surface area contributed by atoms with Crippen molar-refractivity contribution in [1.82, 2.24) is 5.32 Å². The summed E-state index contributed by atoms with van der Waals surface area (Å²) < 4.78 is 16.1. The highest BCUT2D eigenvalue weighted by Crippen LogP contribution is 2.42. The molecule has 1 N–H and O–H groups in total. The van der Waals surface area contributed by atoms with Crippen molar-refractivity contribution in [3.8, 4) is 17.2 Å². The fraction of sp³-hybridized carbons (Fsp3) is 0.600. The van der Waals surface area contributed by atoms with Gasteiger partial charge in [0.1, 0.15) is 0 Å². The minimum atomic E-state index is 0.0827. The third-order valence-corrected chi connectivity index (χ3v) is 3.18. The molecule has 0 saturated heterocycles. The first kappa shape index (κ1) is 15.6. The van der Waals surface area contributed by atoms with Crippen molar-refractivity contribution >= 4 is 0 Å². The predicted molar refractivity (Wildman–Crippen MR) is 77.4 cm³/mol. The van der Waals surface area contributed by atoms with Gasteiger partial charge in [-0.1, -0.05) is 20.8 Å². The zero-order chi connectivity index (χ0) is 14.6. The molecule has 0 fully saturated rings. The monoisotopic (exact) mass is 267 g/mol. The number of ether oxygens (including phenoxy) is 3. The molecule has 1 aromatic rings. The van der Waals surface area contributed by atoms with E-state index in [1.807, 2.05) is 19.2 Å². The lowest BCUT2D eigenvalue weighted by Crippen LogP contribution is -2.29. The van der Waals surface area contributed by atoms with Gasteiger partial charge in [-0.25, -0.2) is 0 Å². The summed E-state index contributed by atoms with van der Waals surface area (Å²) in [6, 6.07) is 4.18. The van der Waals surface area contributed by atoms with Crippen LogP contribution in [0.25, 0.3) is 0 Å². The van der Waals surface area contributed by atoms with Crippen LogP contribution >= 0.6 is 0 Å². The minimum absolute atomic E-state index is 0.0827. The second-order valence-corrected chi connectivity index (χ2v) is 5.55. The van der Waals surface area contributed by atoms with Gasteiger partial charge in [0.15, 0.2) is 11.5 Å². The molecule has 19 heavy (non-hydrogen) atoms. The lowest BCUT2D eigenvalue weighted by Gasteiger charge is -2.31. The molecule has 1 atom stereocenters. The molecule has 0 aliphatic carbocycles. The van der Waals surface area contributed by atoms with E-state index < -0.39 is 0 Å². The van der Waals surface area contributed by atoms with Gasteiger partial charge in [0.25, 0.3) is 0 Å². The Kier molecular flexibility index (Phi) is 5.06. The zero-order valence-corrected chi connectivity index (χ0v) is 13.0. The van der Waals surface area contributed by atoms with E-state index in [0.29, 0.717) is 17.2 Å². The number of benzene rings is 1. The second-order valence-electron chi connectivity index (χ2n) is 5.55. The molecule has 4 heteroatoms. The van der Waals surface area contributed by atoms with Crippen LogP contribution < -0.4 is 19.5 Å². The summed E-state index contributed by atoms with van der Waals surface area (Å²) in [5.41, 5.74) is 1.20. The van der Waals surface area contributed by atoms with Crippen molar-refractivity contribution in [3.05, 3.63) is 17.7 Å². The van der Waals surface area contributed by atoms with Crippen LogP contribution in [0.2, 0.25) is 0 Å². The van der Waals surface area contributed by atoms with E-state index in [1.165, 1.54) is 0 Å². The summed E-state index contributed by atoms with van der Waals surface area (Å²) in [5, 5.41) is 3.35. The van der Waals surface area contributed by atoms with E-state index in [2.05, 4.69) is 26.1 Å². The standard InChI is InChI=1S/C15H25NO3/c1-15(2,3)14(16-4)10-8-11(17-5)13(19-7)12(9-10)18-6/h8-9,14,16H,1-7H3. The fourth-order valence-electron chi connectivity index (χ4n) is 2.37. The third kappa shape index (κ3) is 3.32. The van der Waals surface area contributed by atoms with Gasteiger partial charge in [0.05, 0.1) is 21.3 Å². The highest BCUT2D eigenvalue weighted by molar-refractivity contribution is 5.54. The summed E-state index contributed by atoms with van der Waals surface area (Å²) in [7, 11) is 6.83. The third-order valence-electron chi connectivity index (χ3n) is 3.18. The molecular weight excluding hydrogens is 242 g/mol. The SMILES string of the molecule is CNC(c1cc(OC)c(OC)c(OC)c1)C(C)(C)C. The normalized spacial score (nSPS) is 13.0. The van der Waals surface area contributed by atoms with Crippen molar-refractivity contribution < 1.29 is 14.2 Å². The van der Waals surface area contributed by atoms with Crippen molar-refractivity contribution in [2.45, 2.75) is 26.8 Å². The molecule has 4 nitrogen and oxygen atoms in total. The first-order valence-corrected chi connectivity index (χ1v) is 6.36. The Hall–Kier alpha value is -1.42. The molecule has 0 aromatic heterocycles. The maximum atomic E-state index is 5.39. The van der Waals surface area contributed by atoms with Crippen LogP contribution in [0.5, 0.6) is 17.2 Å². The van der Waals surface area contributed by atoms with Crippen LogP contribution in [-0.4, -0.2) is 28.4 Å². The summed E-state index contributed by atoms with van der Waals surface area (Å²) >= 11 is 0. The first-order valence-electron chi connectivity index (χ1n) is 6.36. The first-order chi connectivity index (χ1) is 8.88. The van der Waals surface area contributed by atoms with E-state index >= 15 is 0 Å². The van der Waals surface area contributed by atoms with Gasteiger partial charge >= 0.3 is 0 Å². The number of rotatable bonds is 5. The van der Waals surface area contributed by atoms with Crippen LogP contribution in [0.15, 0.2) is 12.1 Å². The molecule has 1 rings (SSSR count). The van der Waals surface area contributed by atoms with Gasteiger partial charge < -0.3 is 19.5 Å². The molecule has 0 radical (unpaired) electrons. The van der Waals surface area contributed by atoms with Crippen LogP contribution in [0.1, 0.15) is 32.4 Å². The van der Waals surface area contributed by atoms with E-state index in [0.717, 1.165) is 5.56 Å². The molecule has 0 heterocycles. The predicted octanol–water partition coefficient (Wildman–Crippen LogP) is 3.02. The summed E-state index contributed by atoms with van der Waals surface area (Å²) in [4.78, 5) is 0.